The van der Waals surface area contributed by atoms with Gasteiger partial charge in [-0.3, -0.25) is 4.79 Å². The van der Waals surface area contributed by atoms with Gasteiger partial charge in [-0.1, -0.05) is 35.9 Å². The van der Waals surface area contributed by atoms with Crippen LogP contribution in [0.15, 0.2) is 59.8 Å². The molecule has 2 heterocycles. The van der Waals surface area contributed by atoms with E-state index < -0.39 is 27.8 Å². The summed E-state index contributed by atoms with van der Waals surface area (Å²) in [4.78, 5) is 28.2. The lowest BCUT2D eigenvalue weighted by Gasteiger charge is -2.35. The first-order valence-corrected chi connectivity index (χ1v) is 14.3. The summed E-state index contributed by atoms with van der Waals surface area (Å²) in [6.07, 6.45) is 1.87. The largest absolute Gasteiger partial charge is 0.748 e. The Morgan fingerprint density at radius 2 is 1.87 bits per heavy atom. The third-order valence-electron chi connectivity index (χ3n) is 6.62. The quantitative estimate of drug-likeness (QED) is 0.317. The van der Waals surface area contributed by atoms with E-state index in [4.69, 9.17) is 25.8 Å². The van der Waals surface area contributed by atoms with Gasteiger partial charge in [0.2, 0.25) is 5.91 Å². The summed E-state index contributed by atoms with van der Waals surface area (Å²) < 4.78 is 48.8. The molecule has 2 atom stereocenters. The molecule has 2 unspecified atom stereocenters. The molecule has 9 nitrogen and oxygen atoms in total. The minimum absolute atomic E-state index is 0.0160. The predicted octanol–water partition coefficient (Wildman–Crippen LogP) is 3.78. The Kier molecular flexibility index (Phi) is 9.09. The van der Waals surface area contributed by atoms with E-state index >= 15 is 0 Å². The molecule has 2 aliphatic heterocycles. The Labute approximate surface area is 227 Å². The standard InChI is InChI=1S/C27H30ClNO8S/c1-18-26(27(31)37-17-19-4-10-22(11-5-19)36-13-14-38(32,33)34)24(20-6-8-21(28)9-7-20)15-25(30)29(18)16-23-3-2-12-35-23/h4-11,23-24H,2-3,12-17H2,1H3,(H,32,33,34)/p-1. The van der Waals surface area contributed by atoms with Crippen LogP contribution in [0.2, 0.25) is 5.02 Å². The Bertz CT molecular complexity index is 1290. The van der Waals surface area contributed by atoms with Crippen molar-refractivity contribution in [1.29, 1.82) is 0 Å². The van der Waals surface area contributed by atoms with Gasteiger partial charge in [0, 0.05) is 29.7 Å². The Balaban J connectivity index is 1.49. The fraction of sp³-hybridized carbons (Fsp3) is 0.407. The lowest BCUT2D eigenvalue weighted by Crippen LogP contribution is -2.42. The summed E-state index contributed by atoms with van der Waals surface area (Å²) in [5.41, 5.74) is 2.46. The van der Waals surface area contributed by atoms with E-state index in [0.717, 1.165) is 18.4 Å². The SMILES string of the molecule is CC1=C(C(=O)OCc2ccc(OCCS(=O)(=O)[O-])cc2)C(c2ccc(Cl)cc2)CC(=O)N1CC1CCCO1. The number of carbonyl (C=O) groups is 2. The van der Waals surface area contributed by atoms with E-state index in [2.05, 4.69) is 0 Å². The van der Waals surface area contributed by atoms with Gasteiger partial charge in [0.05, 0.1) is 34.1 Å². The summed E-state index contributed by atoms with van der Waals surface area (Å²) in [7, 11) is -4.35. The molecule has 0 N–H and O–H groups in total. The third-order valence-corrected chi connectivity index (χ3v) is 7.54. The van der Waals surface area contributed by atoms with Gasteiger partial charge >= 0.3 is 5.97 Å². The Morgan fingerprint density at radius 1 is 1.16 bits per heavy atom. The smallest absolute Gasteiger partial charge is 0.336 e. The van der Waals surface area contributed by atoms with Crippen LogP contribution in [0.5, 0.6) is 5.75 Å². The monoisotopic (exact) mass is 562 g/mol. The Hall–Kier alpha value is -2.92. The lowest BCUT2D eigenvalue weighted by molar-refractivity contribution is -0.141. The second-order valence-corrected chi connectivity index (χ2v) is 11.2. The van der Waals surface area contributed by atoms with E-state index in [0.29, 0.717) is 40.8 Å². The summed E-state index contributed by atoms with van der Waals surface area (Å²) >= 11 is 6.06. The number of carbonyl (C=O) groups excluding carboxylic acids is 2. The van der Waals surface area contributed by atoms with Gasteiger partial charge in [0.25, 0.3) is 0 Å². The summed E-state index contributed by atoms with van der Waals surface area (Å²) in [5, 5.41) is 0.558. The molecule has 1 fully saturated rings. The maximum Gasteiger partial charge on any atom is 0.336 e. The number of ether oxygens (including phenoxy) is 3. The highest BCUT2D eigenvalue weighted by atomic mass is 35.5. The average molecular weight is 563 g/mol. The highest BCUT2D eigenvalue weighted by molar-refractivity contribution is 7.85. The highest BCUT2D eigenvalue weighted by Crippen LogP contribution is 2.38. The first-order chi connectivity index (χ1) is 18.1. The van der Waals surface area contributed by atoms with Crippen LogP contribution in [-0.4, -0.2) is 61.4 Å². The molecule has 0 spiro atoms. The molecule has 0 aromatic heterocycles. The second kappa shape index (κ2) is 12.3. The molecule has 0 radical (unpaired) electrons. The van der Waals surface area contributed by atoms with E-state index in [1.165, 1.54) is 0 Å². The molecule has 0 saturated carbocycles. The van der Waals surface area contributed by atoms with Gasteiger partial charge in [-0.05, 0) is 55.2 Å². The Morgan fingerprint density at radius 3 is 2.50 bits per heavy atom. The molecule has 1 amide bonds. The van der Waals surface area contributed by atoms with Crippen LogP contribution < -0.4 is 4.74 Å². The number of allylic oxidation sites excluding steroid dienone is 1. The normalized spacial score (nSPS) is 20.1. The number of amides is 1. The summed E-state index contributed by atoms with van der Waals surface area (Å²) in [6, 6.07) is 13.7. The molecule has 11 heteroatoms. The molecule has 2 aromatic rings. The lowest BCUT2D eigenvalue weighted by atomic mass is 9.83. The minimum atomic E-state index is -4.35. The van der Waals surface area contributed by atoms with Gasteiger partial charge in [0.1, 0.15) is 19.0 Å². The van der Waals surface area contributed by atoms with Crippen LogP contribution in [-0.2, 0) is 35.8 Å². The number of hydrogen-bond acceptors (Lipinski definition) is 8. The number of hydrogen-bond donors (Lipinski definition) is 0. The second-order valence-electron chi connectivity index (χ2n) is 9.28. The number of rotatable bonds is 10. The van der Waals surface area contributed by atoms with Gasteiger partial charge in [-0.25, -0.2) is 13.2 Å². The molecular weight excluding hydrogens is 534 g/mol. The van der Waals surface area contributed by atoms with Gasteiger partial charge in [0.15, 0.2) is 0 Å². The number of halogens is 1. The molecule has 2 aromatic carbocycles. The van der Waals surface area contributed by atoms with Crippen molar-refractivity contribution in [2.24, 2.45) is 0 Å². The van der Waals surface area contributed by atoms with Crippen LogP contribution in [0.1, 0.15) is 43.2 Å². The molecule has 0 aliphatic carbocycles. The summed E-state index contributed by atoms with van der Waals surface area (Å²) in [6.45, 7) is 2.56. The molecule has 1 saturated heterocycles. The third kappa shape index (κ3) is 7.35. The topological polar surface area (TPSA) is 122 Å². The van der Waals surface area contributed by atoms with Crippen molar-refractivity contribution in [3.8, 4) is 5.75 Å². The minimum Gasteiger partial charge on any atom is -0.748 e. The zero-order chi connectivity index (χ0) is 27.3. The van der Waals surface area contributed by atoms with Crippen molar-refractivity contribution >= 4 is 33.6 Å². The molecule has 4 rings (SSSR count). The van der Waals surface area contributed by atoms with Crippen molar-refractivity contribution in [2.45, 2.75) is 44.8 Å². The molecule has 204 valence electrons. The fourth-order valence-corrected chi connectivity index (χ4v) is 5.06. The molecule has 0 bridgehead atoms. The average Bonchev–Trinajstić information content (AvgIpc) is 3.39. The van der Waals surface area contributed by atoms with Crippen LogP contribution in [0, 0.1) is 0 Å². The summed E-state index contributed by atoms with van der Waals surface area (Å²) in [5.74, 6) is -1.30. The first kappa shape index (κ1) is 28.1. The zero-order valence-electron chi connectivity index (χ0n) is 20.9. The van der Waals surface area contributed by atoms with Gasteiger partial charge in [-0.2, -0.15) is 0 Å². The van der Waals surface area contributed by atoms with Gasteiger partial charge < -0.3 is 23.7 Å². The van der Waals surface area contributed by atoms with Crippen LogP contribution in [0.3, 0.4) is 0 Å². The molecule has 2 aliphatic rings. The number of esters is 1. The van der Waals surface area contributed by atoms with Crippen molar-refractivity contribution in [3.05, 3.63) is 76.0 Å². The maximum absolute atomic E-state index is 13.4. The fourth-order valence-electron chi connectivity index (χ4n) is 4.64. The van der Waals surface area contributed by atoms with E-state index in [9.17, 15) is 22.6 Å². The van der Waals surface area contributed by atoms with E-state index in [-0.39, 0.29) is 31.6 Å². The highest BCUT2D eigenvalue weighted by Gasteiger charge is 2.38. The first-order valence-electron chi connectivity index (χ1n) is 12.3. The van der Waals surface area contributed by atoms with Crippen molar-refractivity contribution in [3.63, 3.8) is 0 Å². The van der Waals surface area contributed by atoms with Crippen LogP contribution in [0.4, 0.5) is 0 Å². The van der Waals surface area contributed by atoms with Crippen LogP contribution in [0.25, 0.3) is 0 Å². The molecular formula is C27H29ClNO8S-. The molecule has 38 heavy (non-hydrogen) atoms. The number of benzene rings is 2. The predicted molar refractivity (Wildman–Crippen MR) is 138 cm³/mol. The van der Waals surface area contributed by atoms with Crippen molar-refractivity contribution in [1.82, 2.24) is 4.90 Å². The number of nitrogens with zero attached hydrogens (tertiary/aromatic N) is 1. The zero-order valence-corrected chi connectivity index (χ0v) is 22.5. The van der Waals surface area contributed by atoms with Crippen LogP contribution >= 0.6 is 11.6 Å². The van der Waals surface area contributed by atoms with Crippen molar-refractivity contribution < 1.29 is 36.8 Å². The maximum atomic E-state index is 13.4. The van der Waals surface area contributed by atoms with E-state index in [1.54, 1.807) is 48.2 Å². The van der Waals surface area contributed by atoms with Crippen molar-refractivity contribution in [2.75, 3.05) is 25.5 Å². The van der Waals surface area contributed by atoms with Gasteiger partial charge in [-0.15, -0.1) is 0 Å². The van der Waals surface area contributed by atoms with E-state index in [1.807, 2.05) is 12.1 Å².